The van der Waals surface area contributed by atoms with Crippen molar-refractivity contribution in [3.05, 3.63) is 58.6 Å². The lowest BCUT2D eigenvalue weighted by molar-refractivity contribution is -0.122. The van der Waals surface area contributed by atoms with Crippen molar-refractivity contribution in [3.63, 3.8) is 0 Å². The molecular formula is C20H21ClN2O4. The Labute approximate surface area is 162 Å². The van der Waals surface area contributed by atoms with Crippen molar-refractivity contribution in [2.45, 2.75) is 25.8 Å². The number of nitrogens with one attached hydrogen (secondary N) is 2. The predicted octanol–water partition coefficient (Wildman–Crippen LogP) is 2.99. The summed E-state index contributed by atoms with van der Waals surface area (Å²) < 4.78 is 10.6. The van der Waals surface area contributed by atoms with E-state index in [2.05, 4.69) is 10.6 Å². The summed E-state index contributed by atoms with van der Waals surface area (Å²) in [5.41, 5.74) is 1.89. The van der Waals surface area contributed by atoms with Gasteiger partial charge in [-0.2, -0.15) is 0 Å². The molecule has 0 spiro atoms. The zero-order valence-corrected chi connectivity index (χ0v) is 15.7. The van der Waals surface area contributed by atoms with Crippen molar-refractivity contribution in [2.75, 3.05) is 13.3 Å². The molecule has 0 unspecified atom stereocenters. The number of fused-ring (bicyclic) bond motifs is 1. The maximum absolute atomic E-state index is 12.3. The fourth-order valence-corrected chi connectivity index (χ4v) is 3.02. The topological polar surface area (TPSA) is 76.7 Å². The highest BCUT2D eigenvalue weighted by Gasteiger charge is 2.17. The zero-order valence-electron chi connectivity index (χ0n) is 15.0. The normalized spacial score (nSPS) is 13.1. The molecule has 1 atom stereocenters. The summed E-state index contributed by atoms with van der Waals surface area (Å²) in [6, 6.07) is 12.4. The lowest BCUT2D eigenvalue weighted by atomic mass is 10.0. The first-order valence-corrected chi connectivity index (χ1v) is 9.07. The summed E-state index contributed by atoms with van der Waals surface area (Å²) in [5, 5.41) is 6.31. The highest BCUT2D eigenvalue weighted by atomic mass is 35.5. The van der Waals surface area contributed by atoms with Gasteiger partial charge in [-0.3, -0.25) is 9.59 Å². The Morgan fingerprint density at radius 3 is 2.59 bits per heavy atom. The molecule has 2 amide bonds. The molecule has 1 aliphatic rings. The minimum absolute atomic E-state index is 0.135. The van der Waals surface area contributed by atoms with Crippen molar-refractivity contribution >= 4 is 23.4 Å². The van der Waals surface area contributed by atoms with Gasteiger partial charge >= 0.3 is 0 Å². The van der Waals surface area contributed by atoms with E-state index < -0.39 is 6.04 Å². The SMILES string of the molecule is CC(=O)N[C@H](CC(=O)NCCc1ccc2c(c1)OCO2)c1ccc(Cl)cc1. The Morgan fingerprint density at radius 1 is 1.11 bits per heavy atom. The number of benzene rings is 2. The van der Waals surface area contributed by atoms with Gasteiger partial charge in [0.05, 0.1) is 12.5 Å². The lowest BCUT2D eigenvalue weighted by Crippen LogP contribution is -2.33. The molecule has 27 heavy (non-hydrogen) atoms. The van der Waals surface area contributed by atoms with Gasteiger partial charge in [-0.05, 0) is 41.8 Å². The van der Waals surface area contributed by atoms with Gasteiger partial charge < -0.3 is 20.1 Å². The number of ether oxygens (including phenoxy) is 2. The van der Waals surface area contributed by atoms with Gasteiger partial charge in [-0.15, -0.1) is 0 Å². The lowest BCUT2D eigenvalue weighted by Gasteiger charge is -2.18. The first-order valence-electron chi connectivity index (χ1n) is 8.69. The van der Waals surface area contributed by atoms with Crippen LogP contribution in [0.1, 0.15) is 30.5 Å². The Hall–Kier alpha value is -2.73. The summed E-state index contributed by atoms with van der Waals surface area (Å²) in [6.07, 6.45) is 0.830. The third kappa shape index (κ3) is 5.37. The maximum atomic E-state index is 12.3. The summed E-state index contributed by atoms with van der Waals surface area (Å²) >= 11 is 5.91. The Bertz CT molecular complexity index is 823. The van der Waals surface area contributed by atoms with Crippen LogP contribution in [0.15, 0.2) is 42.5 Å². The van der Waals surface area contributed by atoms with E-state index in [-0.39, 0.29) is 25.0 Å². The molecule has 1 aliphatic heterocycles. The molecule has 6 nitrogen and oxygen atoms in total. The van der Waals surface area contributed by atoms with Gasteiger partial charge in [0.2, 0.25) is 18.6 Å². The van der Waals surface area contributed by atoms with E-state index in [1.165, 1.54) is 6.92 Å². The van der Waals surface area contributed by atoms with Gasteiger partial charge in [0.15, 0.2) is 11.5 Å². The largest absolute Gasteiger partial charge is 0.454 e. The van der Waals surface area contributed by atoms with E-state index in [1.807, 2.05) is 30.3 Å². The minimum Gasteiger partial charge on any atom is -0.454 e. The van der Waals surface area contributed by atoms with Crippen molar-refractivity contribution in [1.29, 1.82) is 0 Å². The molecule has 0 fully saturated rings. The van der Waals surface area contributed by atoms with E-state index in [9.17, 15) is 9.59 Å². The molecule has 2 aromatic carbocycles. The van der Waals surface area contributed by atoms with Gasteiger partial charge in [0.1, 0.15) is 0 Å². The average molecular weight is 389 g/mol. The number of carbonyl (C=O) groups excluding carboxylic acids is 2. The molecule has 0 saturated carbocycles. The molecular weight excluding hydrogens is 368 g/mol. The fourth-order valence-electron chi connectivity index (χ4n) is 2.89. The summed E-state index contributed by atoms with van der Waals surface area (Å²) in [4.78, 5) is 23.8. The molecule has 0 saturated heterocycles. The van der Waals surface area contributed by atoms with Gasteiger partial charge in [0.25, 0.3) is 0 Å². The standard InChI is InChI=1S/C20H21ClN2O4/c1-13(24)23-17(15-3-5-16(21)6-4-15)11-20(25)22-9-8-14-2-7-18-19(10-14)27-12-26-18/h2-7,10,17H,8-9,11-12H2,1H3,(H,22,25)(H,23,24)/t17-/m1/s1. The van der Waals surface area contributed by atoms with Crippen LogP contribution in [0.3, 0.4) is 0 Å². The average Bonchev–Trinajstić information content (AvgIpc) is 3.09. The molecule has 3 rings (SSSR count). The number of halogens is 1. The molecule has 2 N–H and O–H groups in total. The third-order valence-corrected chi connectivity index (χ3v) is 4.46. The number of hydrogen-bond acceptors (Lipinski definition) is 4. The van der Waals surface area contributed by atoms with Crippen LogP contribution >= 0.6 is 11.6 Å². The first-order chi connectivity index (χ1) is 13.0. The van der Waals surface area contributed by atoms with E-state index in [1.54, 1.807) is 12.1 Å². The Balaban J connectivity index is 1.53. The smallest absolute Gasteiger partial charge is 0.231 e. The summed E-state index contributed by atoms with van der Waals surface area (Å²) in [7, 11) is 0. The second kappa shape index (κ2) is 8.77. The number of rotatable bonds is 7. The van der Waals surface area contributed by atoms with Crippen LogP contribution in [0, 0.1) is 0 Å². The van der Waals surface area contributed by atoms with Crippen molar-refractivity contribution in [2.24, 2.45) is 0 Å². The van der Waals surface area contributed by atoms with Gasteiger partial charge in [-0.1, -0.05) is 29.8 Å². The van der Waals surface area contributed by atoms with E-state index in [0.717, 1.165) is 22.6 Å². The molecule has 2 aromatic rings. The monoisotopic (exact) mass is 388 g/mol. The molecule has 0 bridgehead atoms. The van der Waals surface area contributed by atoms with Crippen LogP contribution in [0.2, 0.25) is 5.02 Å². The van der Waals surface area contributed by atoms with Crippen molar-refractivity contribution in [3.8, 4) is 11.5 Å². The highest BCUT2D eigenvalue weighted by Crippen LogP contribution is 2.32. The molecule has 0 aliphatic carbocycles. The third-order valence-electron chi connectivity index (χ3n) is 4.21. The van der Waals surface area contributed by atoms with Crippen LogP contribution < -0.4 is 20.1 Å². The quantitative estimate of drug-likeness (QED) is 0.764. The molecule has 142 valence electrons. The molecule has 1 heterocycles. The summed E-state index contributed by atoms with van der Waals surface area (Å²) in [6.45, 7) is 2.16. The summed E-state index contributed by atoms with van der Waals surface area (Å²) in [5.74, 6) is 1.14. The van der Waals surface area contributed by atoms with Gasteiger partial charge in [-0.25, -0.2) is 0 Å². The minimum atomic E-state index is -0.398. The maximum Gasteiger partial charge on any atom is 0.231 e. The molecule has 0 radical (unpaired) electrons. The zero-order chi connectivity index (χ0) is 19.2. The number of hydrogen-bond donors (Lipinski definition) is 2. The van der Waals surface area contributed by atoms with Crippen LogP contribution in [-0.2, 0) is 16.0 Å². The number of amides is 2. The molecule has 7 heteroatoms. The molecule has 0 aromatic heterocycles. The van der Waals surface area contributed by atoms with E-state index >= 15 is 0 Å². The fraction of sp³-hybridized carbons (Fsp3) is 0.300. The highest BCUT2D eigenvalue weighted by molar-refractivity contribution is 6.30. The second-order valence-electron chi connectivity index (χ2n) is 6.30. The van der Waals surface area contributed by atoms with Gasteiger partial charge in [0, 0.05) is 18.5 Å². The van der Waals surface area contributed by atoms with Crippen LogP contribution in [0.5, 0.6) is 11.5 Å². The Morgan fingerprint density at radius 2 is 1.85 bits per heavy atom. The van der Waals surface area contributed by atoms with Crippen molar-refractivity contribution < 1.29 is 19.1 Å². The predicted molar refractivity (Wildman–Crippen MR) is 102 cm³/mol. The Kier molecular flexibility index (Phi) is 6.19. The second-order valence-corrected chi connectivity index (χ2v) is 6.73. The van der Waals surface area contributed by atoms with Crippen LogP contribution in [-0.4, -0.2) is 25.2 Å². The van der Waals surface area contributed by atoms with E-state index in [0.29, 0.717) is 18.0 Å². The first kappa shape index (κ1) is 19.0. The van der Waals surface area contributed by atoms with Crippen LogP contribution in [0.25, 0.3) is 0 Å². The van der Waals surface area contributed by atoms with Crippen LogP contribution in [0.4, 0.5) is 0 Å². The van der Waals surface area contributed by atoms with Crippen molar-refractivity contribution in [1.82, 2.24) is 10.6 Å². The van der Waals surface area contributed by atoms with E-state index in [4.69, 9.17) is 21.1 Å². The number of carbonyl (C=O) groups is 2.